The Kier molecular flexibility index (Phi) is 5.04. The van der Waals surface area contributed by atoms with Crippen molar-refractivity contribution in [2.75, 3.05) is 31.1 Å². The molecular formula is C9H20N2S. The summed E-state index contributed by atoms with van der Waals surface area (Å²) in [5.41, 5.74) is 0. The maximum atomic E-state index is 3.56. The van der Waals surface area contributed by atoms with Crippen LogP contribution in [0.2, 0.25) is 0 Å². The summed E-state index contributed by atoms with van der Waals surface area (Å²) in [5, 5.41) is 3.56. The molecule has 0 aromatic heterocycles. The van der Waals surface area contributed by atoms with E-state index < -0.39 is 0 Å². The summed E-state index contributed by atoms with van der Waals surface area (Å²) in [6, 6.07) is 0. The number of hydrogen-bond acceptors (Lipinski definition) is 3. The highest BCUT2D eigenvalue weighted by atomic mass is 32.2. The molecule has 0 amide bonds. The van der Waals surface area contributed by atoms with Crippen LogP contribution >= 0.6 is 11.8 Å². The Morgan fingerprint density at radius 1 is 1.50 bits per heavy atom. The molecule has 1 fully saturated rings. The fourth-order valence-electron chi connectivity index (χ4n) is 1.61. The lowest BCUT2D eigenvalue weighted by molar-refractivity contribution is 0.191. The molecule has 0 aromatic carbocycles. The second kappa shape index (κ2) is 5.84. The lowest BCUT2D eigenvalue weighted by Gasteiger charge is -2.33. The molecule has 0 bridgehead atoms. The van der Waals surface area contributed by atoms with Gasteiger partial charge >= 0.3 is 0 Å². The number of rotatable bonds is 4. The molecule has 1 aliphatic heterocycles. The highest BCUT2D eigenvalue weighted by molar-refractivity contribution is 7.99. The van der Waals surface area contributed by atoms with Crippen molar-refractivity contribution in [1.82, 2.24) is 10.2 Å². The molecule has 1 aliphatic rings. The molecule has 3 heteroatoms. The molecule has 1 rings (SSSR count). The van der Waals surface area contributed by atoms with Crippen LogP contribution in [0.1, 0.15) is 20.3 Å². The largest absolute Gasteiger partial charge is 0.300 e. The van der Waals surface area contributed by atoms with Gasteiger partial charge in [0.15, 0.2) is 0 Å². The highest BCUT2D eigenvalue weighted by Gasteiger charge is 2.18. The standard InChI is InChI=1S/C9H20N2S/c1-3-6-11(4-2)9-8-12-7-5-10-9/h9-10H,3-8H2,1-2H3. The third kappa shape index (κ3) is 2.96. The van der Waals surface area contributed by atoms with E-state index in [-0.39, 0.29) is 0 Å². The van der Waals surface area contributed by atoms with Crippen LogP contribution in [0.25, 0.3) is 0 Å². The maximum absolute atomic E-state index is 3.56. The van der Waals surface area contributed by atoms with Gasteiger partial charge in [-0.05, 0) is 19.5 Å². The lowest BCUT2D eigenvalue weighted by atomic mass is 10.3. The molecule has 1 saturated heterocycles. The maximum Gasteiger partial charge on any atom is 0.0690 e. The van der Waals surface area contributed by atoms with Gasteiger partial charge < -0.3 is 5.32 Å². The first-order valence-corrected chi connectivity index (χ1v) is 6.09. The van der Waals surface area contributed by atoms with Gasteiger partial charge in [-0.3, -0.25) is 4.90 Å². The molecule has 0 radical (unpaired) electrons. The van der Waals surface area contributed by atoms with Gasteiger partial charge in [-0.2, -0.15) is 11.8 Å². The minimum Gasteiger partial charge on any atom is -0.300 e. The van der Waals surface area contributed by atoms with Crippen LogP contribution in [0.3, 0.4) is 0 Å². The van der Waals surface area contributed by atoms with Crippen molar-refractivity contribution in [3.8, 4) is 0 Å². The third-order valence-corrected chi connectivity index (χ3v) is 3.30. The summed E-state index contributed by atoms with van der Waals surface area (Å²) in [6.45, 7) is 8.07. The van der Waals surface area contributed by atoms with Gasteiger partial charge in [0.05, 0.1) is 6.17 Å². The third-order valence-electron chi connectivity index (χ3n) is 2.26. The van der Waals surface area contributed by atoms with Gasteiger partial charge in [-0.1, -0.05) is 13.8 Å². The second-order valence-electron chi connectivity index (χ2n) is 3.17. The van der Waals surface area contributed by atoms with Crippen LogP contribution in [-0.2, 0) is 0 Å². The van der Waals surface area contributed by atoms with E-state index in [4.69, 9.17) is 0 Å². The summed E-state index contributed by atoms with van der Waals surface area (Å²) in [6.07, 6.45) is 1.89. The first kappa shape index (κ1) is 10.4. The summed E-state index contributed by atoms with van der Waals surface area (Å²) in [4.78, 5) is 2.53. The Hall–Kier alpha value is 0.270. The molecule has 1 N–H and O–H groups in total. The first-order chi connectivity index (χ1) is 5.88. The van der Waals surface area contributed by atoms with Crippen LogP contribution in [0, 0.1) is 0 Å². The molecular weight excluding hydrogens is 168 g/mol. The van der Waals surface area contributed by atoms with Gasteiger partial charge in [-0.25, -0.2) is 0 Å². The van der Waals surface area contributed by atoms with Crippen molar-refractivity contribution in [2.45, 2.75) is 26.4 Å². The predicted octanol–water partition coefficient (Wildman–Crippen LogP) is 1.38. The van der Waals surface area contributed by atoms with Crippen molar-refractivity contribution in [3.63, 3.8) is 0 Å². The minimum atomic E-state index is 0.633. The molecule has 12 heavy (non-hydrogen) atoms. The van der Waals surface area contributed by atoms with Crippen LogP contribution in [-0.4, -0.2) is 42.2 Å². The van der Waals surface area contributed by atoms with Crippen molar-refractivity contribution in [1.29, 1.82) is 0 Å². The van der Waals surface area contributed by atoms with E-state index >= 15 is 0 Å². The SMILES string of the molecule is CCCN(CC)C1CSCCN1. The van der Waals surface area contributed by atoms with Gasteiger partial charge in [0.2, 0.25) is 0 Å². The number of nitrogens with one attached hydrogen (secondary N) is 1. The predicted molar refractivity (Wildman–Crippen MR) is 56.7 cm³/mol. The zero-order valence-electron chi connectivity index (χ0n) is 8.18. The molecule has 1 unspecified atom stereocenters. The lowest BCUT2D eigenvalue weighted by Crippen LogP contribution is -2.50. The average Bonchev–Trinajstić information content (AvgIpc) is 2.15. The summed E-state index contributed by atoms with van der Waals surface area (Å²) in [5.74, 6) is 2.54. The summed E-state index contributed by atoms with van der Waals surface area (Å²) in [7, 11) is 0. The molecule has 72 valence electrons. The zero-order chi connectivity index (χ0) is 8.81. The van der Waals surface area contributed by atoms with E-state index in [0.717, 1.165) is 0 Å². The molecule has 0 aliphatic carbocycles. The summed E-state index contributed by atoms with van der Waals surface area (Å²) >= 11 is 2.07. The Morgan fingerprint density at radius 2 is 2.33 bits per heavy atom. The molecule has 0 spiro atoms. The fourth-order valence-corrected chi connectivity index (χ4v) is 2.59. The monoisotopic (exact) mass is 188 g/mol. The molecule has 1 atom stereocenters. The Labute approximate surface area is 80.1 Å². The Bertz CT molecular complexity index is 110. The van der Waals surface area contributed by atoms with Gasteiger partial charge in [0, 0.05) is 18.1 Å². The topological polar surface area (TPSA) is 15.3 Å². The van der Waals surface area contributed by atoms with Crippen LogP contribution in [0.4, 0.5) is 0 Å². The Balaban J connectivity index is 2.29. The number of thioether (sulfide) groups is 1. The minimum absolute atomic E-state index is 0.633. The number of hydrogen-bond donors (Lipinski definition) is 1. The van der Waals surface area contributed by atoms with Gasteiger partial charge in [0.25, 0.3) is 0 Å². The number of nitrogens with zero attached hydrogens (tertiary/aromatic N) is 1. The molecule has 2 nitrogen and oxygen atoms in total. The van der Waals surface area contributed by atoms with Crippen LogP contribution < -0.4 is 5.32 Å². The zero-order valence-corrected chi connectivity index (χ0v) is 8.99. The second-order valence-corrected chi connectivity index (χ2v) is 4.32. The molecule has 0 aromatic rings. The summed E-state index contributed by atoms with van der Waals surface area (Å²) < 4.78 is 0. The van der Waals surface area contributed by atoms with Crippen molar-refractivity contribution < 1.29 is 0 Å². The van der Waals surface area contributed by atoms with E-state index in [1.165, 1.54) is 37.6 Å². The van der Waals surface area contributed by atoms with Crippen molar-refractivity contribution >= 4 is 11.8 Å². The first-order valence-electron chi connectivity index (χ1n) is 4.93. The molecule has 1 heterocycles. The van der Waals surface area contributed by atoms with E-state index in [1.54, 1.807) is 0 Å². The normalized spacial score (nSPS) is 24.8. The van der Waals surface area contributed by atoms with Crippen molar-refractivity contribution in [2.24, 2.45) is 0 Å². The smallest absolute Gasteiger partial charge is 0.0690 e. The van der Waals surface area contributed by atoms with E-state index in [0.29, 0.717) is 6.17 Å². The fraction of sp³-hybridized carbons (Fsp3) is 1.00. The molecule has 0 saturated carbocycles. The van der Waals surface area contributed by atoms with Crippen LogP contribution in [0.5, 0.6) is 0 Å². The quantitative estimate of drug-likeness (QED) is 0.717. The van der Waals surface area contributed by atoms with Gasteiger partial charge in [0.1, 0.15) is 0 Å². The van der Waals surface area contributed by atoms with Crippen molar-refractivity contribution in [3.05, 3.63) is 0 Å². The van der Waals surface area contributed by atoms with E-state index in [9.17, 15) is 0 Å². The highest BCUT2D eigenvalue weighted by Crippen LogP contribution is 2.11. The van der Waals surface area contributed by atoms with E-state index in [1.807, 2.05) is 0 Å². The average molecular weight is 188 g/mol. The van der Waals surface area contributed by atoms with E-state index in [2.05, 4.69) is 35.8 Å². The van der Waals surface area contributed by atoms with Crippen LogP contribution in [0.15, 0.2) is 0 Å². The van der Waals surface area contributed by atoms with Gasteiger partial charge in [-0.15, -0.1) is 0 Å². The Morgan fingerprint density at radius 3 is 2.83 bits per heavy atom.